The second-order valence-electron chi connectivity index (χ2n) is 6.69. The first-order valence-electron chi connectivity index (χ1n) is 7.86. The number of carbonyl (C=O) groups excluding carboxylic acids is 1. The molecule has 0 aliphatic carbocycles. The van der Waals surface area contributed by atoms with Crippen molar-refractivity contribution in [1.29, 1.82) is 0 Å². The van der Waals surface area contributed by atoms with Crippen LogP contribution in [0.15, 0.2) is 54.6 Å². The lowest BCUT2D eigenvalue weighted by molar-refractivity contribution is -0.131. The lowest BCUT2D eigenvalue weighted by atomic mass is 9.87. The van der Waals surface area contributed by atoms with Gasteiger partial charge in [0.05, 0.1) is 0 Å². The number of hydrogen-bond acceptors (Lipinski definition) is 2. The lowest BCUT2D eigenvalue weighted by Crippen LogP contribution is -2.30. The molecule has 2 aromatic carbocycles. The van der Waals surface area contributed by atoms with Crippen LogP contribution in [-0.4, -0.2) is 13.0 Å². The topological polar surface area (TPSA) is 38.3 Å². The number of nitrogens with one attached hydrogen (secondary N) is 1. The van der Waals surface area contributed by atoms with Crippen LogP contribution in [0.2, 0.25) is 0 Å². The minimum absolute atomic E-state index is 0.126. The zero-order valence-corrected chi connectivity index (χ0v) is 14.3. The quantitative estimate of drug-likeness (QED) is 0.907. The molecule has 0 bridgehead atoms. The summed E-state index contributed by atoms with van der Waals surface area (Å²) in [5.41, 5.74) is 3.35. The number of hydrogen-bond donors (Lipinski definition) is 1. The minimum Gasteiger partial charge on any atom is -0.367 e. The maximum absolute atomic E-state index is 12.3. The third-order valence-corrected chi connectivity index (χ3v) is 3.86. The van der Waals surface area contributed by atoms with Gasteiger partial charge in [0.2, 0.25) is 0 Å². The van der Waals surface area contributed by atoms with E-state index in [-0.39, 0.29) is 11.3 Å². The van der Waals surface area contributed by atoms with Gasteiger partial charge in [-0.05, 0) is 22.1 Å². The number of benzene rings is 2. The van der Waals surface area contributed by atoms with Crippen LogP contribution in [0.4, 0.5) is 0 Å². The van der Waals surface area contributed by atoms with Gasteiger partial charge < -0.3 is 10.1 Å². The molecule has 0 saturated heterocycles. The Hall–Kier alpha value is -2.13. The van der Waals surface area contributed by atoms with Crippen molar-refractivity contribution in [2.45, 2.75) is 38.8 Å². The van der Waals surface area contributed by atoms with Crippen LogP contribution in [0, 0.1) is 0 Å². The van der Waals surface area contributed by atoms with Crippen LogP contribution in [0.1, 0.15) is 43.6 Å². The maximum atomic E-state index is 12.3. The van der Waals surface area contributed by atoms with E-state index in [0.29, 0.717) is 6.54 Å². The standard InChI is InChI=1S/C20H25NO2/c1-20(2,3)17-12-10-15(11-13-17)14-21-19(22)18(23-4)16-8-6-5-7-9-16/h5-13,18H,14H2,1-4H3,(H,21,22). The summed E-state index contributed by atoms with van der Waals surface area (Å²) in [5.74, 6) is -0.126. The zero-order valence-electron chi connectivity index (χ0n) is 14.3. The highest BCUT2D eigenvalue weighted by Gasteiger charge is 2.19. The van der Waals surface area contributed by atoms with Gasteiger partial charge in [0.1, 0.15) is 0 Å². The van der Waals surface area contributed by atoms with Crippen LogP contribution < -0.4 is 5.32 Å². The Morgan fingerprint density at radius 3 is 2.17 bits per heavy atom. The number of carbonyl (C=O) groups is 1. The average molecular weight is 311 g/mol. The molecule has 1 N–H and O–H groups in total. The van der Waals surface area contributed by atoms with Gasteiger partial charge >= 0.3 is 0 Å². The van der Waals surface area contributed by atoms with Crippen LogP contribution in [0.5, 0.6) is 0 Å². The lowest BCUT2D eigenvalue weighted by Gasteiger charge is -2.19. The van der Waals surface area contributed by atoms with Crippen molar-refractivity contribution in [3.63, 3.8) is 0 Å². The Morgan fingerprint density at radius 2 is 1.65 bits per heavy atom. The molecule has 0 spiro atoms. The van der Waals surface area contributed by atoms with Gasteiger partial charge in [-0.3, -0.25) is 4.79 Å². The summed E-state index contributed by atoms with van der Waals surface area (Å²) in [4.78, 5) is 12.3. The van der Waals surface area contributed by atoms with Crippen molar-refractivity contribution >= 4 is 5.91 Å². The van der Waals surface area contributed by atoms with E-state index in [4.69, 9.17) is 4.74 Å². The Balaban J connectivity index is 1.98. The molecule has 23 heavy (non-hydrogen) atoms. The molecular formula is C20H25NO2. The first kappa shape index (κ1) is 17.2. The summed E-state index contributed by atoms with van der Waals surface area (Å²) in [5, 5.41) is 2.94. The monoisotopic (exact) mass is 311 g/mol. The largest absolute Gasteiger partial charge is 0.367 e. The first-order chi connectivity index (χ1) is 10.9. The Labute approximate surface area is 138 Å². The highest BCUT2D eigenvalue weighted by molar-refractivity contribution is 5.82. The smallest absolute Gasteiger partial charge is 0.254 e. The zero-order chi connectivity index (χ0) is 16.9. The minimum atomic E-state index is -0.579. The van der Waals surface area contributed by atoms with Crippen molar-refractivity contribution < 1.29 is 9.53 Å². The summed E-state index contributed by atoms with van der Waals surface area (Å²) in [6.07, 6.45) is -0.579. The van der Waals surface area contributed by atoms with E-state index < -0.39 is 6.10 Å². The molecule has 0 saturated carbocycles. The molecule has 1 atom stereocenters. The van der Waals surface area contributed by atoms with Crippen molar-refractivity contribution in [2.75, 3.05) is 7.11 Å². The summed E-state index contributed by atoms with van der Waals surface area (Å²) in [6.45, 7) is 7.06. The molecule has 2 aromatic rings. The van der Waals surface area contributed by atoms with E-state index in [2.05, 4.69) is 50.4 Å². The second kappa shape index (κ2) is 7.42. The number of methoxy groups -OCH3 is 1. The van der Waals surface area contributed by atoms with E-state index in [1.165, 1.54) is 5.56 Å². The third-order valence-electron chi connectivity index (χ3n) is 3.86. The molecule has 122 valence electrons. The van der Waals surface area contributed by atoms with Crippen molar-refractivity contribution in [3.8, 4) is 0 Å². The molecule has 0 heterocycles. The Kier molecular flexibility index (Phi) is 5.56. The predicted octanol–water partition coefficient (Wildman–Crippen LogP) is 3.99. The van der Waals surface area contributed by atoms with E-state index in [1.54, 1.807) is 7.11 Å². The van der Waals surface area contributed by atoms with Crippen LogP contribution in [0.3, 0.4) is 0 Å². The average Bonchev–Trinajstić information content (AvgIpc) is 2.54. The molecular weight excluding hydrogens is 286 g/mol. The fourth-order valence-electron chi connectivity index (χ4n) is 2.43. The number of rotatable bonds is 5. The molecule has 0 aromatic heterocycles. The molecule has 0 aliphatic rings. The Morgan fingerprint density at radius 1 is 1.04 bits per heavy atom. The van der Waals surface area contributed by atoms with Gasteiger partial charge in [0.15, 0.2) is 6.10 Å². The predicted molar refractivity (Wildman–Crippen MR) is 93.2 cm³/mol. The highest BCUT2D eigenvalue weighted by atomic mass is 16.5. The van der Waals surface area contributed by atoms with Crippen LogP contribution >= 0.6 is 0 Å². The van der Waals surface area contributed by atoms with Crippen LogP contribution in [-0.2, 0) is 21.5 Å². The summed E-state index contributed by atoms with van der Waals surface area (Å²) < 4.78 is 5.34. The van der Waals surface area contributed by atoms with Gasteiger partial charge in [0.25, 0.3) is 5.91 Å². The second-order valence-corrected chi connectivity index (χ2v) is 6.69. The molecule has 1 unspecified atom stereocenters. The molecule has 3 nitrogen and oxygen atoms in total. The molecule has 0 aliphatic heterocycles. The van der Waals surface area contributed by atoms with Crippen molar-refractivity contribution in [3.05, 3.63) is 71.3 Å². The van der Waals surface area contributed by atoms with Crippen molar-refractivity contribution in [2.24, 2.45) is 0 Å². The molecule has 0 fully saturated rings. The van der Waals surface area contributed by atoms with Gasteiger partial charge in [-0.2, -0.15) is 0 Å². The fourth-order valence-corrected chi connectivity index (χ4v) is 2.43. The van der Waals surface area contributed by atoms with E-state index in [0.717, 1.165) is 11.1 Å². The normalized spacial score (nSPS) is 12.7. The molecule has 1 amide bonds. The van der Waals surface area contributed by atoms with Crippen LogP contribution in [0.25, 0.3) is 0 Å². The SMILES string of the molecule is COC(C(=O)NCc1ccc(C(C)(C)C)cc1)c1ccccc1. The fraction of sp³-hybridized carbons (Fsp3) is 0.350. The third kappa shape index (κ3) is 4.67. The van der Waals surface area contributed by atoms with E-state index >= 15 is 0 Å². The number of amides is 1. The summed E-state index contributed by atoms with van der Waals surface area (Å²) in [7, 11) is 1.55. The summed E-state index contributed by atoms with van der Waals surface area (Å²) in [6, 6.07) is 17.9. The van der Waals surface area contributed by atoms with Gasteiger partial charge in [-0.1, -0.05) is 75.4 Å². The van der Waals surface area contributed by atoms with Gasteiger partial charge in [0, 0.05) is 13.7 Å². The Bertz CT molecular complexity index is 627. The molecule has 2 rings (SSSR count). The number of ether oxygens (including phenoxy) is 1. The summed E-state index contributed by atoms with van der Waals surface area (Å²) >= 11 is 0. The van der Waals surface area contributed by atoms with E-state index in [1.807, 2.05) is 30.3 Å². The van der Waals surface area contributed by atoms with Crippen molar-refractivity contribution in [1.82, 2.24) is 5.32 Å². The van der Waals surface area contributed by atoms with Gasteiger partial charge in [-0.15, -0.1) is 0 Å². The molecule has 0 radical (unpaired) electrons. The maximum Gasteiger partial charge on any atom is 0.254 e. The van der Waals surface area contributed by atoms with Gasteiger partial charge in [-0.25, -0.2) is 0 Å². The first-order valence-corrected chi connectivity index (χ1v) is 7.86. The van der Waals surface area contributed by atoms with E-state index in [9.17, 15) is 4.79 Å². The highest BCUT2D eigenvalue weighted by Crippen LogP contribution is 2.22. The molecule has 3 heteroatoms.